The van der Waals surface area contributed by atoms with Crippen molar-refractivity contribution in [1.82, 2.24) is 4.57 Å². The number of pyridine rings is 1. The number of primary amides is 1. The molecule has 2 N–H and O–H groups in total. The summed E-state index contributed by atoms with van der Waals surface area (Å²) in [6.45, 7) is 0.355. The summed E-state index contributed by atoms with van der Waals surface area (Å²) >= 11 is 0. The normalized spacial score (nSPS) is 10.3. The zero-order valence-corrected chi connectivity index (χ0v) is 13.8. The highest BCUT2D eigenvalue weighted by Gasteiger charge is 2.15. The maximum atomic E-state index is 12.5. The first-order valence-corrected chi connectivity index (χ1v) is 7.90. The molecule has 1 amide bonds. The second kappa shape index (κ2) is 7.48. The fraction of sp³-hybridized carbons (Fsp3) is 0.0500. The molecule has 1 heterocycles. The van der Waals surface area contributed by atoms with E-state index in [0.29, 0.717) is 12.1 Å². The quantitative estimate of drug-likeness (QED) is 0.565. The molecule has 6 nitrogen and oxygen atoms in total. The molecule has 0 saturated carbocycles. The average Bonchev–Trinajstić information content (AvgIpc) is 2.64. The van der Waals surface area contributed by atoms with E-state index in [0.717, 1.165) is 5.56 Å². The van der Waals surface area contributed by atoms with E-state index in [1.54, 1.807) is 12.3 Å². The van der Waals surface area contributed by atoms with Gasteiger partial charge in [-0.3, -0.25) is 9.59 Å². The van der Waals surface area contributed by atoms with E-state index in [2.05, 4.69) is 0 Å². The summed E-state index contributed by atoms with van der Waals surface area (Å²) in [5.41, 5.74) is 5.91. The Labute approximate surface area is 149 Å². The van der Waals surface area contributed by atoms with Crippen molar-refractivity contribution in [2.24, 2.45) is 5.73 Å². The molecule has 0 atom stereocenters. The van der Waals surface area contributed by atoms with E-state index < -0.39 is 17.4 Å². The standard InChI is InChI=1S/C20H16N2O4/c21-18(23)15-8-10-16(11-9-15)26-20(25)17-7-4-12-22(19(17)24)13-14-5-2-1-3-6-14/h1-12H,13H2,(H2,21,23). The maximum absolute atomic E-state index is 12.5. The first kappa shape index (κ1) is 17.2. The maximum Gasteiger partial charge on any atom is 0.349 e. The summed E-state index contributed by atoms with van der Waals surface area (Å²) in [7, 11) is 0. The molecular formula is C20H16N2O4. The molecule has 0 saturated heterocycles. The van der Waals surface area contributed by atoms with E-state index in [1.807, 2.05) is 30.3 Å². The van der Waals surface area contributed by atoms with Crippen LogP contribution in [-0.4, -0.2) is 16.4 Å². The van der Waals surface area contributed by atoms with E-state index in [1.165, 1.54) is 34.9 Å². The van der Waals surface area contributed by atoms with Crippen molar-refractivity contribution in [3.05, 3.63) is 100.0 Å². The zero-order valence-electron chi connectivity index (χ0n) is 13.8. The van der Waals surface area contributed by atoms with Crippen LogP contribution in [0.3, 0.4) is 0 Å². The van der Waals surface area contributed by atoms with Gasteiger partial charge in [-0.1, -0.05) is 30.3 Å². The second-order valence-electron chi connectivity index (χ2n) is 5.62. The van der Waals surface area contributed by atoms with Gasteiger partial charge in [-0.25, -0.2) is 4.79 Å². The smallest absolute Gasteiger partial charge is 0.349 e. The third-order valence-electron chi connectivity index (χ3n) is 3.79. The molecule has 0 aliphatic heterocycles. The number of carbonyl (C=O) groups excluding carboxylic acids is 2. The van der Waals surface area contributed by atoms with Gasteiger partial charge in [0, 0.05) is 11.8 Å². The van der Waals surface area contributed by atoms with Crippen molar-refractivity contribution >= 4 is 11.9 Å². The number of aromatic nitrogens is 1. The Morgan fingerprint density at radius 3 is 2.27 bits per heavy atom. The van der Waals surface area contributed by atoms with Crippen LogP contribution in [0.4, 0.5) is 0 Å². The predicted octanol–water partition coefficient (Wildman–Crippen LogP) is 2.21. The summed E-state index contributed by atoms with van der Waals surface area (Å²) < 4.78 is 6.66. The highest BCUT2D eigenvalue weighted by molar-refractivity contribution is 5.93. The Morgan fingerprint density at radius 1 is 0.923 bits per heavy atom. The van der Waals surface area contributed by atoms with Crippen LogP contribution >= 0.6 is 0 Å². The van der Waals surface area contributed by atoms with E-state index >= 15 is 0 Å². The molecular weight excluding hydrogens is 332 g/mol. The van der Waals surface area contributed by atoms with E-state index in [-0.39, 0.29) is 11.3 Å². The zero-order chi connectivity index (χ0) is 18.5. The predicted molar refractivity (Wildman–Crippen MR) is 96.2 cm³/mol. The second-order valence-corrected chi connectivity index (χ2v) is 5.62. The van der Waals surface area contributed by atoms with Gasteiger partial charge in [-0.05, 0) is 42.0 Å². The van der Waals surface area contributed by atoms with Crippen LogP contribution in [0, 0.1) is 0 Å². The van der Waals surface area contributed by atoms with E-state index in [4.69, 9.17) is 10.5 Å². The van der Waals surface area contributed by atoms with Crippen molar-refractivity contribution in [2.45, 2.75) is 6.54 Å². The van der Waals surface area contributed by atoms with Crippen molar-refractivity contribution in [3.63, 3.8) is 0 Å². The molecule has 1 aromatic heterocycles. The molecule has 0 unspecified atom stereocenters. The molecule has 26 heavy (non-hydrogen) atoms. The minimum atomic E-state index is -0.760. The summed E-state index contributed by atoms with van der Waals surface area (Å²) in [6, 6.07) is 18.3. The van der Waals surface area contributed by atoms with Gasteiger partial charge in [0.15, 0.2) is 0 Å². The number of nitrogens with zero attached hydrogens (tertiary/aromatic N) is 1. The number of hydrogen-bond donors (Lipinski definition) is 1. The number of nitrogens with two attached hydrogens (primary N) is 1. The molecule has 0 fully saturated rings. The Morgan fingerprint density at radius 2 is 1.62 bits per heavy atom. The number of esters is 1. The monoisotopic (exact) mass is 348 g/mol. The molecule has 0 aliphatic rings. The van der Waals surface area contributed by atoms with Crippen molar-refractivity contribution < 1.29 is 14.3 Å². The third-order valence-corrected chi connectivity index (χ3v) is 3.79. The number of carbonyl (C=O) groups is 2. The number of rotatable bonds is 5. The van der Waals surface area contributed by atoms with Crippen LogP contribution in [0.15, 0.2) is 77.7 Å². The lowest BCUT2D eigenvalue weighted by Gasteiger charge is -2.08. The van der Waals surface area contributed by atoms with Crippen LogP contribution < -0.4 is 16.0 Å². The fourth-order valence-electron chi connectivity index (χ4n) is 2.45. The van der Waals surface area contributed by atoms with Gasteiger partial charge < -0.3 is 15.0 Å². The number of hydrogen-bond acceptors (Lipinski definition) is 4. The van der Waals surface area contributed by atoms with E-state index in [9.17, 15) is 14.4 Å². The lowest BCUT2D eigenvalue weighted by atomic mass is 10.2. The minimum absolute atomic E-state index is 0.0672. The van der Waals surface area contributed by atoms with Gasteiger partial charge in [0.25, 0.3) is 5.56 Å². The van der Waals surface area contributed by atoms with Gasteiger partial charge in [-0.15, -0.1) is 0 Å². The summed E-state index contributed by atoms with van der Waals surface area (Å²) in [5.74, 6) is -1.11. The molecule has 0 bridgehead atoms. The Hall–Kier alpha value is -3.67. The molecule has 0 aliphatic carbocycles. The number of amides is 1. The van der Waals surface area contributed by atoms with Crippen molar-refractivity contribution in [2.75, 3.05) is 0 Å². The van der Waals surface area contributed by atoms with Crippen LogP contribution in [0.25, 0.3) is 0 Å². The lowest BCUT2D eigenvalue weighted by Crippen LogP contribution is -2.28. The van der Waals surface area contributed by atoms with Crippen molar-refractivity contribution in [1.29, 1.82) is 0 Å². The Kier molecular flexibility index (Phi) is 4.94. The minimum Gasteiger partial charge on any atom is -0.423 e. The van der Waals surface area contributed by atoms with Gasteiger partial charge in [0.05, 0.1) is 6.54 Å². The van der Waals surface area contributed by atoms with Crippen LogP contribution in [-0.2, 0) is 6.54 Å². The summed E-state index contributed by atoms with van der Waals surface area (Å²) in [4.78, 5) is 35.9. The third kappa shape index (κ3) is 3.87. The average molecular weight is 348 g/mol. The first-order chi connectivity index (χ1) is 12.5. The van der Waals surface area contributed by atoms with Crippen LogP contribution in [0.1, 0.15) is 26.3 Å². The fourth-order valence-corrected chi connectivity index (χ4v) is 2.45. The summed E-state index contributed by atoms with van der Waals surface area (Å²) in [6.07, 6.45) is 1.62. The van der Waals surface area contributed by atoms with Crippen LogP contribution in [0.2, 0.25) is 0 Å². The first-order valence-electron chi connectivity index (χ1n) is 7.90. The largest absolute Gasteiger partial charge is 0.423 e. The topological polar surface area (TPSA) is 91.4 Å². The molecule has 130 valence electrons. The molecule has 3 aromatic rings. The number of benzene rings is 2. The van der Waals surface area contributed by atoms with Gasteiger partial charge in [0.2, 0.25) is 5.91 Å². The number of ether oxygens (including phenoxy) is 1. The van der Waals surface area contributed by atoms with Gasteiger partial charge in [-0.2, -0.15) is 0 Å². The highest BCUT2D eigenvalue weighted by atomic mass is 16.5. The molecule has 0 spiro atoms. The Balaban J connectivity index is 1.80. The van der Waals surface area contributed by atoms with Crippen molar-refractivity contribution in [3.8, 4) is 5.75 Å². The lowest BCUT2D eigenvalue weighted by molar-refractivity contribution is 0.0732. The SMILES string of the molecule is NC(=O)c1ccc(OC(=O)c2cccn(Cc3ccccc3)c2=O)cc1. The van der Waals surface area contributed by atoms with Gasteiger partial charge >= 0.3 is 5.97 Å². The van der Waals surface area contributed by atoms with Gasteiger partial charge in [0.1, 0.15) is 11.3 Å². The highest BCUT2D eigenvalue weighted by Crippen LogP contribution is 2.13. The molecule has 2 aromatic carbocycles. The molecule has 6 heteroatoms. The molecule has 3 rings (SSSR count). The Bertz CT molecular complexity index is 992. The van der Waals surface area contributed by atoms with Crippen LogP contribution in [0.5, 0.6) is 5.75 Å². The summed E-state index contributed by atoms with van der Waals surface area (Å²) in [5, 5.41) is 0. The molecule has 0 radical (unpaired) electrons.